The number of carbonyl (C=O) groups is 1. The first-order chi connectivity index (χ1) is 4.67. The average molecular weight is 149 g/mol. The summed E-state index contributed by atoms with van der Waals surface area (Å²) in [5.41, 5.74) is 0. The summed E-state index contributed by atoms with van der Waals surface area (Å²) >= 11 is 0. The summed E-state index contributed by atoms with van der Waals surface area (Å²) in [6, 6.07) is -0.926. The molecule has 1 rings (SSSR count). The van der Waals surface area contributed by atoms with Crippen molar-refractivity contribution in [3.05, 3.63) is 0 Å². The number of halogens is 2. The summed E-state index contributed by atoms with van der Waals surface area (Å²) < 4.78 is 24.9. The van der Waals surface area contributed by atoms with Crippen molar-refractivity contribution < 1.29 is 13.6 Å². The third-order valence-electron chi connectivity index (χ3n) is 1.68. The first-order valence-electron chi connectivity index (χ1n) is 3.24. The van der Waals surface area contributed by atoms with E-state index in [1.807, 2.05) is 0 Å². The van der Waals surface area contributed by atoms with Crippen LogP contribution in [0.25, 0.3) is 0 Å². The van der Waals surface area contributed by atoms with Gasteiger partial charge in [-0.1, -0.05) is 0 Å². The van der Waals surface area contributed by atoms with E-state index < -0.39 is 12.0 Å². The van der Waals surface area contributed by atoms with Crippen LogP contribution in [-0.4, -0.2) is 24.8 Å². The van der Waals surface area contributed by atoms with Gasteiger partial charge in [0, 0.05) is 0 Å². The van der Waals surface area contributed by atoms with Crippen molar-refractivity contribution in [2.24, 2.45) is 0 Å². The summed E-state index contributed by atoms with van der Waals surface area (Å²) in [6.07, 6.45) is 0.843. The minimum absolute atomic E-state index is 0.282. The van der Waals surface area contributed by atoms with E-state index in [4.69, 9.17) is 0 Å². The lowest BCUT2D eigenvalue weighted by molar-refractivity contribution is -0.132. The van der Waals surface area contributed by atoms with Gasteiger partial charge in [0.2, 0.25) is 0 Å². The third-order valence-corrected chi connectivity index (χ3v) is 1.68. The molecule has 1 unspecified atom stereocenters. The molecule has 0 spiro atoms. The van der Waals surface area contributed by atoms with E-state index in [0.717, 1.165) is 6.42 Å². The van der Waals surface area contributed by atoms with Crippen LogP contribution in [-0.2, 0) is 4.79 Å². The second-order valence-electron chi connectivity index (χ2n) is 2.44. The molecule has 0 saturated carbocycles. The molecular weight excluding hydrogens is 140 g/mol. The van der Waals surface area contributed by atoms with E-state index in [-0.39, 0.29) is 6.29 Å². The zero-order chi connectivity index (χ0) is 7.61. The number of hydrogen-bond donors (Lipinski definition) is 1. The van der Waals surface area contributed by atoms with Crippen LogP contribution >= 0.6 is 0 Å². The molecule has 1 fully saturated rings. The number of rotatable bonds is 2. The molecule has 58 valence electrons. The van der Waals surface area contributed by atoms with E-state index in [9.17, 15) is 13.6 Å². The topological polar surface area (TPSA) is 29.1 Å². The average Bonchev–Trinajstić information content (AvgIpc) is 2.38. The van der Waals surface area contributed by atoms with E-state index in [1.54, 1.807) is 0 Å². The van der Waals surface area contributed by atoms with Crippen molar-refractivity contribution in [1.29, 1.82) is 0 Å². The molecule has 0 aromatic heterocycles. The largest absolute Gasteiger partial charge is 0.317 e. The van der Waals surface area contributed by atoms with Crippen molar-refractivity contribution >= 4 is 6.29 Å². The fraction of sp³-hybridized carbons (Fsp3) is 0.833. The summed E-state index contributed by atoms with van der Waals surface area (Å²) in [6.45, 7) is 0.591. The highest BCUT2D eigenvalue weighted by Gasteiger charge is 2.40. The number of alkyl halides is 2. The predicted molar refractivity (Wildman–Crippen MR) is 32.0 cm³/mol. The maximum absolute atomic E-state index is 12.4. The summed E-state index contributed by atoms with van der Waals surface area (Å²) in [5.74, 6) is -3.17. The fourth-order valence-corrected chi connectivity index (χ4v) is 1.10. The highest BCUT2D eigenvalue weighted by molar-refractivity contribution is 5.61. The predicted octanol–water partition coefficient (Wildman–Crippen LogP) is 0.573. The normalized spacial score (nSPS) is 26.8. The minimum atomic E-state index is -3.17. The Hall–Kier alpha value is -0.510. The molecule has 1 N–H and O–H groups in total. The number of nitrogens with one attached hydrogen (secondary N) is 1. The van der Waals surface area contributed by atoms with E-state index in [1.165, 1.54) is 0 Å². The van der Waals surface area contributed by atoms with Crippen LogP contribution in [0.1, 0.15) is 12.8 Å². The zero-order valence-electron chi connectivity index (χ0n) is 5.44. The van der Waals surface area contributed by atoms with Crippen LogP contribution in [0.3, 0.4) is 0 Å². The van der Waals surface area contributed by atoms with Crippen molar-refractivity contribution in [2.75, 3.05) is 6.54 Å². The molecule has 0 aromatic carbocycles. The fourth-order valence-electron chi connectivity index (χ4n) is 1.10. The molecule has 1 saturated heterocycles. The third kappa shape index (κ3) is 1.31. The standard InChI is InChI=1S/C6H9F2NO/c7-6(8,4-10)5-2-1-3-9-5/h4-5,9H,1-3H2. The smallest absolute Gasteiger partial charge is 0.308 e. The molecule has 0 aromatic rings. The van der Waals surface area contributed by atoms with Crippen LogP contribution in [0, 0.1) is 0 Å². The molecular formula is C6H9F2NO. The van der Waals surface area contributed by atoms with Gasteiger partial charge in [0.1, 0.15) is 0 Å². The molecule has 4 heteroatoms. The summed E-state index contributed by atoms with van der Waals surface area (Å²) in [5, 5.41) is 2.57. The van der Waals surface area contributed by atoms with Crippen molar-refractivity contribution in [1.82, 2.24) is 5.32 Å². The lowest BCUT2D eigenvalue weighted by Crippen LogP contribution is -2.41. The number of hydrogen-bond acceptors (Lipinski definition) is 2. The molecule has 1 aliphatic heterocycles. The van der Waals surface area contributed by atoms with Gasteiger partial charge in [-0.05, 0) is 19.4 Å². The van der Waals surface area contributed by atoms with Gasteiger partial charge in [0.05, 0.1) is 6.04 Å². The van der Waals surface area contributed by atoms with Gasteiger partial charge in [0.25, 0.3) is 0 Å². The lowest BCUT2D eigenvalue weighted by Gasteiger charge is -2.16. The zero-order valence-corrected chi connectivity index (χ0v) is 5.44. The Morgan fingerprint density at radius 3 is 2.70 bits per heavy atom. The van der Waals surface area contributed by atoms with Crippen molar-refractivity contribution in [2.45, 2.75) is 24.8 Å². The van der Waals surface area contributed by atoms with Gasteiger partial charge >= 0.3 is 5.92 Å². The van der Waals surface area contributed by atoms with Crippen LogP contribution in [0.2, 0.25) is 0 Å². The van der Waals surface area contributed by atoms with E-state index in [0.29, 0.717) is 13.0 Å². The van der Waals surface area contributed by atoms with Crippen LogP contribution in [0.5, 0.6) is 0 Å². The van der Waals surface area contributed by atoms with Gasteiger partial charge < -0.3 is 5.32 Å². The Bertz CT molecular complexity index is 132. The maximum Gasteiger partial charge on any atom is 0.317 e. The Morgan fingerprint density at radius 1 is 1.60 bits per heavy atom. The second kappa shape index (κ2) is 2.62. The molecule has 0 radical (unpaired) electrons. The monoisotopic (exact) mass is 149 g/mol. The van der Waals surface area contributed by atoms with Crippen LogP contribution in [0.4, 0.5) is 8.78 Å². The molecule has 2 nitrogen and oxygen atoms in total. The van der Waals surface area contributed by atoms with Crippen LogP contribution < -0.4 is 5.32 Å². The van der Waals surface area contributed by atoms with Gasteiger partial charge in [-0.15, -0.1) is 0 Å². The van der Waals surface area contributed by atoms with Crippen LogP contribution in [0.15, 0.2) is 0 Å². The number of carbonyl (C=O) groups excluding carboxylic acids is 1. The second-order valence-corrected chi connectivity index (χ2v) is 2.44. The van der Waals surface area contributed by atoms with E-state index >= 15 is 0 Å². The molecule has 1 atom stereocenters. The molecule has 1 heterocycles. The molecule has 10 heavy (non-hydrogen) atoms. The Kier molecular flexibility index (Phi) is 1.99. The number of aldehydes is 1. The molecule has 0 aliphatic carbocycles. The Balaban J connectivity index is 2.53. The molecule has 0 amide bonds. The lowest BCUT2D eigenvalue weighted by atomic mass is 10.1. The minimum Gasteiger partial charge on any atom is -0.308 e. The molecule has 0 bridgehead atoms. The first-order valence-corrected chi connectivity index (χ1v) is 3.24. The Morgan fingerprint density at radius 2 is 2.30 bits per heavy atom. The van der Waals surface area contributed by atoms with Crippen molar-refractivity contribution in [3.8, 4) is 0 Å². The quantitative estimate of drug-likeness (QED) is 0.581. The van der Waals surface area contributed by atoms with Crippen molar-refractivity contribution in [3.63, 3.8) is 0 Å². The van der Waals surface area contributed by atoms with Gasteiger partial charge in [-0.2, -0.15) is 8.78 Å². The summed E-state index contributed by atoms with van der Waals surface area (Å²) in [4.78, 5) is 9.82. The van der Waals surface area contributed by atoms with Gasteiger partial charge in [-0.3, -0.25) is 4.79 Å². The SMILES string of the molecule is O=CC(F)(F)C1CCCN1. The molecule has 1 aliphatic rings. The highest BCUT2D eigenvalue weighted by Crippen LogP contribution is 2.22. The van der Waals surface area contributed by atoms with Gasteiger partial charge in [0.15, 0.2) is 6.29 Å². The van der Waals surface area contributed by atoms with E-state index in [2.05, 4.69) is 5.32 Å². The summed E-state index contributed by atoms with van der Waals surface area (Å²) in [7, 11) is 0. The maximum atomic E-state index is 12.4. The first kappa shape index (κ1) is 7.60. The Labute approximate surface area is 57.6 Å². The van der Waals surface area contributed by atoms with Gasteiger partial charge in [-0.25, -0.2) is 0 Å². The highest BCUT2D eigenvalue weighted by atomic mass is 19.3.